The molecule has 0 fully saturated rings. The van der Waals surface area contributed by atoms with Gasteiger partial charge in [-0.15, -0.1) is 0 Å². The van der Waals surface area contributed by atoms with Crippen LogP contribution in [0.4, 0.5) is 11.4 Å². The standard InChI is InChI=1S/C13H20N2O2/c1-5-8-13(3,4)14-11-9-10(2)6-7-12(11)15(16)17/h6-7,9,14H,5,8H2,1-4H3. The lowest BCUT2D eigenvalue weighted by Crippen LogP contribution is -2.30. The third-order valence-corrected chi connectivity index (χ3v) is 2.70. The highest BCUT2D eigenvalue weighted by molar-refractivity contribution is 5.63. The molecule has 0 saturated carbocycles. The largest absolute Gasteiger partial charge is 0.375 e. The van der Waals surface area contributed by atoms with E-state index in [0.29, 0.717) is 5.69 Å². The maximum atomic E-state index is 10.9. The van der Waals surface area contributed by atoms with Gasteiger partial charge in [0.2, 0.25) is 0 Å². The first-order valence-corrected chi connectivity index (χ1v) is 5.89. The van der Waals surface area contributed by atoms with E-state index in [1.165, 1.54) is 0 Å². The number of nitro benzene ring substituents is 1. The third kappa shape index (κ3) is 3.73. The molecule has 0 amide bonds. The Kier molecular flexibility index (Phi) is 4.10. The summed E-state index contributed by atoms with van der Waals surface area (Å²) in [4.78, 5) is 10.6. The van der Waals surface area contributed by atoms with Crippen LogP contribution in [-0.4, -0.2) is 10.5 Å². The summed E-state index contributed by atoms with van der Waals surface area (Å²) in [5.41, 5.74) is 1.63. The van der Waals surface area contributed by atoms with Crippen molar-refractivity contribution in [1.29, 1.82) is 0 Å². The Hall–Kier alpha value is -1.58. The van der Waals surface area contributed by atoms with Gasteiger partial charge in [0, 0.05) is 11.6 Å². The van der Waals surface area contributed by atoms with Gasteiger partial charge in [0.1, 0.15) is 5.69 Å². The summed E-state index contributed by atoms with van der Waals surface area (Å²) in [6.07, 6.45) is 2.01. The zero-order valence-corrected chi connectivity index (χ0v) is 10.9. The van der Waals surface area contributed by atoms with E-state index in [9.17, 15) is 10.1 Å². The van der Waals surface area contributed by atoms with Crippen molar-refractivity contribution in [3.63, 3.8) is 0 Å². The zero-order valence-electron chi connectivity index (χ0n) is 10.9. The summed E-state index contributed by atoms with van der Waals surface area (Å²) >= 11 is 0. The van der Waals surface area contributed by atoms with Crippen LogP contribution in [0.2, 0.25) is 0 Å². The fraction of sp³-hybridized carbons (Fsp3) is 0.538. The van der Waals surface area contributed by atoms with Crippen LogP contribution < -0.4 is 5.32 Å². The summed E-state index contributed by atoms with van der Waals surface area (Å²) in [5, 5.41) is 14.2. The van der Waals surface area contributed by atoms with Crippen LogP contribution in [0.25, 0.3) is 0 Å². The summed E-state index contributed by atoms with van der Waals surface area (Å²) in [6.45, 7) is 8.15. The summed E-state index contributed by atoms with van der Waals surface area (Å²) in [5.74, 6) is 0. The number of nitrogens with zero attached hydrogens (tertiary/aromatic N) is 1. The molecule has 0 aliphatic rings. The van der Waals surface area contributed by atoms with E-state index in [1.54, 1.807) is 12.1 Å². The molecule has 0 bridgehead atoms. The van der Waals surface area contributed by atoms with Crippen molar-refractivity contribution in [1.82, 2.24) is 0 Å². The number of nitro groups is 1. The topological polar surface area (TPSA) is 55.2 Å². The minimum Gasteiger partial charge on any atom is -0.375 e. The number of hydrogen-bond acceptors (Lipinski definition) is 3. The van der Waals surface area contributed by atoms with Gasteiger partial charge in [-0.25, -0.2) is 0 Å². The van der Waals surface area contributed by atoms with Crippen LogP contribution in [0.3, 0.4) is 0 Å². The Morgan fingerprint density at radius 3 is 2.59 bits per heavy atom. The number of nitrogens with one attached hydrogen (secondary N) is 1. The maximum absolute atomic E-state index is 10.9. The molecule has 0 radical (unpaired) electrons. The lowest BCUT2D eigenvalue weighted by molar-refractivity contribution is -0.384. The second-order valence-corrected chi connectivity index (χ2v) is 5.04. The summed E-state index contributed by atoms with van der Waals surface area (Å²) < 4.78 is 0. The van der Waals surface area contributed by atoms with Gasteiger partial charge in [-0.1, -0.05) is 19.4 Å². The molecule has 0 aromatic heterocycles. The molecule has 0 spiro atoms. The van der Waals surface area contributed by atoms with Gasteiger partial charge in [0.15, 0.2) is 0 Å². The predicted octanol–water partition coefficient (Wildman–Crippen LogP) is 3.89. The molecule has 0 aliphatic heterocycles. The van der Waals surface area contributed by atoms with Crippen LogP contribution in [0.1, 0.15) is 39.2 Å². The van der Waals surface area contributed by atoms with Crippen molar-refractivity contribution >= 4 is 11.4 Å². The van der Waals surface area contributed by atoms with Gasteiger partial charge < -0.3 is 5.32 Å². The van der Waals surface area contributed by atoms with Gasteiger partial charge >= 0.3 is 0 Å². The molecular weight excluding hydrogens is 216 g/mol. The maximum Gasteiger partial charge on any atom is 0.292 e. The molecule has 0 unspecified atom stereocenters. The average molecular weight is 236 g/mol. The Balaban J connectivity index is 3.04. The first kappa shape index (κ1) is 13.5. The van der Waals surface area contributed by atoms with E-state index in [4.69, 9.17) is 0 Å². The van der Waals surface area contributed by atoms with Crippen LogP contribution in [0, 0.1) is 17.0 Å². The predicted molar refractivity (Wildman–Crippen MR) is 70.4 cm³/mol. The quantitative estimate of drug-likeness (QED) is 0.623. The molecule has 0 atom stereocenters. The van der Waals surface area contributed by atoms with Crippen molar-refractivity contribution in [2.45, 2.75) is 46.1 Å². The summed E-state index contributed by atoms with van der Waals surface area (Å²) in [6, 6.07) is 5.14. The Morgan fingerprint density at radius 2 is 2.06 bits per heavy atom. The van der Waals surface area contributed by atoms with E-state index in [2.05, 4.69) is 26.1 Å². The molecular formula is C13H20N2O2. The first-order valence-electron chi connectivity index (χ1n) is 5.89. The minimum atomic E-state index is -0.343. The molecule has 1 aromatic rings. The lowest BCUT2D eigenvalue weighted by atomic mass is 9.98. The smallest absolute Gasteiger partial charge is 0.292 e. The molecule has 0 saturated heterocycles. The van der Waals surface area contributed by atoms with Gasteiger partial charge in [0.05, 0.1) is 4.92 Å². The van der Waals surface area contributed by atoms with Gasteiger partial charge in [-0.2, -0.15) is 0 Å². The number of benzene rings is 1. The fourth-order valence-electron chi connectivity index (χ4n) is 1.96. The van der Waals surface area contributed by atoms with Gasteiger partial charge in [-0.05, 0) is 38.8 Å². The average Bonchev–Trinajstić information content (AvgIpc) is 2.15. The highest BCUT2D eigenvalue weighted by atomic mass is 16.6. The second-order valence-electron chi connectivity index (χ2n) is 5.04. The number of hydrogen-bond donors (Lipinski definition) is 1. The highest BCUT2D eigenvalue weighted by Gasteiger charge is 2.21. The monoisotopic (exact) mass is 236 g/mol. The molecule has 1 N–H and O–H groups in total. The van der Waals surface area contributed by atoms with Crippen LogP contribution in [-0.2, 0) is 0 Å². The van der Waals surface area contributed by atoms with E-state index in [-0.39, 0.29) is 16.1 Å². The van der Waals surface area contributed by atoms with Crippen molar-refractivity contribution in [2.75, 3.05) is 5.32 Å². The van der Waals surface area contributed by atoms with Crippen LogP contribution in [0.5, 0.6) is 0 Å². The van der Waals surface area contributed by atoms with E-state index in [1.807, 2.05) is 13.0 Å². The Labute approximate surface area is 102 Å². The molecule has 0 heterocycles. The number of rotatable bonds is 5. The van der Waals surface area contributed by atoms with Crippen molar-refractivity contribution in [3.05, 3.63) is 33.9 Å². The molecule has 0 aliphatic carbocycles. The third-order valence-electron chi connectivity index (χ3n) is 2.70. The SMILES string of the molecule is CCCC(C)(C)Nc1cc(C)ccc1[N+](=O)[O-]. The number of anilines is 1. The van der Waals surface area contributed by atoms with Crippen molar-refractivity contribution < 1.29 is 4.92 Å². The first-order chi connectivity index (χ1) is 7.85. The van der Waals surface area contributed by atoms with Crippen LogP contribution in [0.15, 0.2) is 18.2 Å². The molecule has 94 valence electrons. The molecule has 4 heteroatoms. The van der Waals surface area contributed by atoms with E-state index in [0.717, 1.165) is 18.4 Å². The zero-order chi connectivity index (χ0) is 13.1. The molecule has 17 heavy (non-hydrogen) atoms. The van der Waals surface area contributed by atoms with Gasteiger partial charge in [-0.3, -0.25) is 10.1 Å². The number of aryl methyl sites for hydroxylation is 1. The fourth-order valence-corrected chi connectivity index (χ4v) is 1.96. The molecule has 1 aromatic carbocycles. The Bertz CT molecular complexity index is 414. The van der Waals surface area contributed by atoms with Gasteiger partial charge in [0.25, 0.3) is 5.69 Å². The summed E-state index contributed by atoms with van der Waals surface area (Å²) in [7, 11) is 0. The van der Waals surface area contributed by atoms with E-state index >= 15 is 0 Å². The van der Waals surface area contributed by atoms with Crippen molar-refractivity contribution in [2.24, 2.45) is 0 Å². The van der Waals surface area contributed by atoms with Crippen LogP contribution >= 0.6 is 0 Å². The normalized spacial score (nSPS) is 11.3. The van der Waals surface area contributed by atoms with Crippen molar-refractivity contribution in [3.8, 4) is 0 Å². The molecule has 1 rings (SSSR count). The second kappa shape index (κ2) is 5.17. The highest BCUT2D eigenvalue weighted by Crippen LogP contribution is 2.29. The lowest BCUT2D eigenvalue weighted by Gasteiger charge is -2.27. The molecule has 4 nitrogen and oxygen atoms in total. The Morgan fingerprint density at radius 1 is 1.41 bits per heavy atom. The minimum absolute atomic E-state index is 0.132. The van der Waals surface area contributed by atoms with E-state index < -0.39 is 0 Å².